The quantitative estimate of drug-likeness (QED) is 0.565. The van der Waals surface area contributed by atoms with Gasteiger partial charge in [-0.15, -0.1) is 0 Å². The Morgan fingerprint density at radius 3 is 2.67 bits per heavy atom. The number of hydrogen-bond donors (Lipinski definition) is 1. The minimum absolute atomic E-state index is 0.209. The molecule has 2 fully saturated rings. The highest BCUT2D eigenvalue weighted by Gasteiger charge is 2.33. The average molecular weight is 424 g/mol. The minimum atomic E-state index is -0.612. The molecule has 168 valence electrons. The molecule has 0 aromatic heterocycles. The van der Waals surface area contributed by atoms with Crippen molar-refractivity contribution in [3.8, 4) is 5.75 Å². The number of benzene rings is 1. The molecule has 1 aromatic carbocycles. The van der Waals surface area contributed by atoms with Crippen LogP contribution in [0.15, 0.2) is 24.3 Å². The molecule has 2 aliphatic heterocycles. The Hall–Kier alpha value is -1.71. The number of aryl methyl sites for hydroxylation is 1. The smallest absolute Gasteiger partial charge is 0.306 e. The van der Waals surface area contributed by atoms with Gasteiger partial charge >= 0.3 is 5.97 Å². The van der Waals surface area contributed by atoms with Crippen LogP contribution in [0.1, 0.15) is 25.8 Å². The van der Waals surface area contributed by atoms with Crippen LogP contribution in [-0.2, 0) is 30.2 Å². The van der Waals surface area contributed by atoms with E-state index < -0.39 is 11.9 Å². The predicted molar refractivity (Wildman–Crippen MR) is 109 cm³/mol. The highest BCUT2D eigenvalue weighted by molar-refractivity contribution is 5.69. The monoisotopic (exact) mass is 423 g/mol. The molecular formula is C22H33NO7. The third-order valence-electron chi connectivity index (χ3n) is 5.05. The van der Waals surface area contributed by atoms with Gasteiger partial charge in [0, 0.05) is 26.1 Å². The van der Waals surface area contributed by atoms with Crippen molar-refractivity contribution in [1.29, 1.82) is 0 Å². The van der Waals surface area contributed by atoms with E-state index in [0.29, 0.717) is 45.0 Å². The van der Waals surface area contributed by atoms with Crippen molar-refractivity contribution in [3.63, 3.8) is 0 Å². The largest absolute Gasteiger partial charge is 0.491 e. The van der Waals surface area contributed by atoms with Crippen LogP contribution in [0.2, 0.25) is 0 Å². The van der Waals surface area contributed by atoms with Crippen molar-refractivity contribution in [3.05, 3.63) is 29.8 Å². The van der Waals surface area contributed by atoms with E-state index in [0.717, 1.165) is 18.7 Å². The summed E-state index contributed by atoms with van der Waals surface area (Å²) in [6, 6.07) is 7.56. The molecule has 0 aliphatic carbocycles. The summed E-state index contributed by atoms with van der Waals surface area (Å²) in [6.45, 7) is 8.25. The van der Waals surface area contributed by atoms with E-state index in [-0.39, 0.29) is 25.3 Å². The summed E-state index contributed by atoms with van der Waals surface area (Å²) < 4.78 is 27.3. The summed E-state index contributed by atoms with van der Waals surface area (Å²) in [5, 5.41) is 10.1. The van der Waals surface area contributed by atoms with Gasteiger partial charge in [-0.25, -0.2) is 0 Å². The van der Waals surface area contributed by atoms with Crippen molar-refractivity contribution in [2.24, 2.45) is 0 Å². The molecule has 8 heteroatoms. The van der Waals surface area contributed by atoms with E-state index >= 15 is 0 Å². The lowest BCUT2D eigenvalue weighted by Crippen LogP contribution is -2.42. The number of carbonyl (C=O) groups excluding carboxylic acids is 1. The van der Waals surface area contributed by atoms with Gasteiger partial charge in [0.25, 0.3) is 0 Å². The summed E-state index contributed by atoms with van der Waals surface area (Å²) in [5.41, 5.74) is 1.02. The van der Waals surface area contributed by atoms with Crippen LogP contribution >= 0.6 is 0 Å². The molecule has 30 heavy (non-hydrogen) atoms. The first-order valence-electron chi connectivity index (χ1n) is 10.6. The van der Waals surface area contributed by atoms with Crippen molar-refractivity contribution in [2.75, 3.05) is 52.7 Å². The number of ether oxygens (including phenoxy) is 5. The molecule has 1 aromatic rings. The number of aliphatic hydroxyl groups is 1. The molecule has 2 heterocycles. The second-order valence-electron chi connectivity index (χ2n) is 8.16. The highest BCUT2D eigenvalue weighted by Crippen LogP contribution is 2.22. The average Bonchev–Trinajstić information content (AvgIpc) is 3.09. The van der Waals surface area contributed by atoms with Gasteiger partial charge in [-0.05, 0) is 38.0 Å². The number of nitrogens with zero attached hydrogens (tertiary/aromatic N) is 1. The minimum Gasteiger partial charge on any atom is -0.491 e. The maximum Gasteiger partial charge on any atom is 0.306 e. The molecule has 2 saturated heterocycles. The van der Waals surface area contributed by atoms with Crippen LogP contribution in [0.25, 0.3) is 0 Å². The first-order valence-corrected chi connectivity index (χ1v) is 10.6. The second kappa shape index (κ2) is 11.1. The molecule has 2 atom stereocenters. The van der Waals surface area contributed by atoms with Crippen molar-refractivity contribution in [2.45, 2.75) is 44.7 Å². The zero-order valence-corrected chi connectivity index (χ0v) is 17.9. The van der Waals surface area contributed by atoms with Gasteiger partial charge < -0.3 is 28.8 Å². The van der Waals surface area contributed by atoms with Crippen molar-refractivity contribution >= 4 is 5.97 Å². The number of hydrogen-bond acceptors (Lipinski definition) is 8. The molecule has 1 N–H and O–H groups in total. The third-order valence-corrected chi connectivity index (χ3v) is 5.05. The molecule has 0 spiro atoms. The Balaban J connectivity index is 1.30. The summed E-state index contributed by atoms with van der Waals surface area (Å²) >= 11 is 0. The maximum atomic E-state index is 12.0. The highest BCUT2D eigenvalue weighted by atomic mass is 16.7. The second-order valence-corrected chi connectivity index (χ2v) is 8.16. The van der Waals surface area contributed by atoms with Gasteiger partial charge in [0.1, 0.15) is 31.2 Å². The van der Waals surface area contributed by atoms with Gasteiger partial charge in [0.2, 0.25) is 0 Å². The first-order chi connectivity index (χ1) is 14.4. The summed E-state index contributed by atoms with van der Waals surface area (Å²) in [6.07, 6.45) is 0.137. The zero-order chi connectivity index (χ0) is 21.4. The molecular weight excluding hydrogens is 390 g/mol. The van der Waals surface area contributed by atoms with E-state index in [1.54, 1.807) is 0 Å². The van der Waals surface area contributed by atoms with E-state index in [9.17, 15) is 9.90 Å². The number of rotatable bonds is 10. The fraction of sp³-hybridized carbons (Fsp3) is 0.682. The Kier molecular flexibility index (Phi) is 8.47. The molecule has 2 unspecified atom stereocenters. The Bertz CT molecular complexity index is 658. The Labute approximate surface area is 178 Å². The van der Waals surface area contributed by atoms with Crippen LogP contribution in [0, 0.1) is 0 Å². The Morgan fingerprint density at radius 1 is 1.27 bits per heavy atom. The number of morpholine rings is 1. The lowest BCUT2D eigenvalue weighted by molar-refractivity contribution is -0.158. The number of esters is 1. The van der Waals surface area contributed by atoms with Crippen molar-refractivity contribution < 1.29 is 33.6 Å². The van der Waals surface area contributed by atoms with E-state index in [1.165, 1.54) is 0 Å². The molecule has 0 bridgehead atoms. The molecule has 2 aliphatic rings. The summed E-state index contributed by atoms with van der Waals surface area (Å²) in [5.74, 6) is -0.169. The topological polar surface area (TPSA) is 86.7 Å². The van der Waals surface area contributed by atoms with Gasteiger partial charge in [-0.3, -0.25) is 9.69 Å². The van der Waals surface area contributed by atoms with Gasteiger partial charge in [0.05, 0.1) is 19.8 Å². The maximum absolute atomic E-state index is 12.0. The SMILES string of the molecule is CC1(C)OCC(COC(=O)CCc2ccc(OCC(O)CN3CCOCC3)cc2)O1. The first kappa shape index (κ1) is 23.0. The number of carbonyl (C=O) groups is 1. The van der Waals surface area contributed by atoms with Gasteiger partial charge in [0.15, 0.2) is 5.79 Å². The zero-order valence-electron chi connectivity index (χ0n) is 17.9. The lowest BCUT2D eigenvalue weighted by Gasteiger charge is -2.28. The fourth-order valence-electron chi connectivity index (χ4n) is 3.43. The molecule has 0 amide bonds. The fourth-order valence-corrected chi connectivity index (χ4v) is 3.43. The van der Waals surface area contributed by atoms with Crippen LogP contribution in [0.5, 0.6) is 5.75 Å². The van der Waals surface area contributed by atoms with Crippen LogP contribution < -0.4 is 4.74 Å². The Morgan fingerprint density at radius 2 is 2.00 bits per heavy atom. The molecule has 3 rings (SSSR count). The standard InChI is InChI=1S/C22H33NO7/c1-22(2)29-16-20(30-22)15-28-21(25)8-5-17-3-6-19(7-4-17)27-14-18(24)13-23-9-11-26-12-10-23/h3-4,6-7,18,20,24H,5,8-16H2,1-2H3. The van der Waals surface area contributed by atoms with E-state index in [4.69, 9.17) is 23.7 Å². The normalized spacial score (nSPS) is 22.6. The van der Waals surface area contributed by atoms with Gasteiger partial charge in [-0.1, -0.05) is 12.1 Å². The van der Waals surface area contributed by atoms with E-state index in [1.807, 2.05) is 38.1 Å². The summed E-state index contributed by atoms with van der Waals surface area (Å²) in [4.78, 5) is 14.1. The summed E-state index contributed by atoms with van der Waals surface area (Å²) in [7, 11) is 0. The van der Waals surface area contributed by atoms with E-state index in [2.05, 4.69) is 4.90 Å². The molecule has 0 saturated carbocycles. The predicted octanol–water partition coefficient (Wildman–Crippen LogP) is 1.39. The van der Waals surface area contributed by atoms with Crippen LogP contribution in [0.4, 0.5) is 0 Å². The number of β-amino-alcohol motifs (C(OH)–C–C–N with tert-alkyl or cyclic N) is 1. The van der Waals surface area contributed by atoms with Crippen LogP contribution in [-0.4, -0.2) is 86.6 Å². The molecule has 0 radical (unpaired) electrons. The lowest BCUT2D eigenvalue weighted by atomic mass is 10.1. The van der Waals surface area contributed by atoms with Crippen LogP contribution in [0.3, 0.4) is 0 Å². The molecule has 8 nitrogen and oxygen atoms in total. The van der Waals surface area contributed by atoms with Crippen molar-refractivity contribution in [1.82, 2.24) is 4.90 Å². The third kappa shape index (κ3) is 7.85. The number of aliphatic hydroxyl groups excluding tert-OH is 1. The van der Waals surface area contributed by atoms with Gasteiger partial charge in [-0.2, -0.15) is 0 Å².